The highest BCUT2D eigenvalue weighted by Gasteiger charge is 2.36. The molecule has 1 atom stereocenters. The van der Waals surface area contributed by atoms with E-state index < -0.39 is 6.04 Å². The normalized spacial score (nSPS) is 13.0. The van der Waals surface area contributed by atoms with Crippen LogP contribution in [0.5, 0.6) is 0 Å². The van der Waals surface area contributed by atoms with E-state index in [1.165, 1.54) is 4.90 Å². The molecule has 0 fully saturated rings. The highest BCUT2D eigenvalue weighted by Crippen LogP contribution is 2.37. The highest BCUT2D eigenvalue weighted by molar-refractivity contribution is 6.35. The van der Waals surface area contributed by atoms with Crippen molar-refractivity contribution in [2.24, 2.45) is 0 Å². The van der Waals surface area contributed by atoms with Gasteiger partial charge in [-0.15, -0.1) is 0 Å². The summed E-state index contributed by atoms with van der Waals surface area (Å²) in [5.74, 6) is -0.846. The Morgan fingerprint density at radius 1 is 0.951 bits per heavy atom. The molecule has 0 saturated carbocycles. The number of nitrogens with zero attached hydrogens (tertiary/aromatic N) is 2. The van der Waals surface area contributed by atoms with Crippen LogP contribution in [0.1, 0.15) is 41.3 Å². The summed E-state index contributed by atoms with van der Waals surface area (Å²) in [7, 11) is 0. The van der Waals surface area contributed by atoms with Crippen molar-refractivity contribution >= 4 is 57.4 Å². The van der Waals surface area contributed by atoms with E-state index in [1.54, 1.807) is 29.2 Å². The lowest BCUT2D eigenvalue weighted by Gasteiger charge is -2.33. The summed E-state index contributed by atoms with van der Waals surface area (Å²) in [6.07, 6.45) is 2.06. The first-order chi connectivity index (χ1) is 19.9. The van der Waals surface area contributed by atoms with Crippen LogP contribution in [0.2, 0.25) is 10.0 Å². The van der Waals surface area contributed by atoms with Crippen LogP contribution in [0, 0.1) is 0 Å². The molecule has 8 heteroatoms. The second-order valence-electron chi connectivity index (χ2n) is 10.2. The molecule has 1 aliphatic heterocycles. The Bertz CT molecular complexity index is 1590. The molecule has 0 aliphatic carbocycles. The van der Waals surface area contributed by atoms with Gasteiger partial charge in [-0.2, -0.15) is 0 Å². The number of rotatable bonds is 11. The van der Waals surface area contributed by atoms with Crippen molar-refractivity contribution in [2.45, 2.75) is 38.8 Å². The van der Waals surface area contributed by atoms with Gasteiger partial charge in [0.15, 0.2) is 0 Å². The maximum atomic E-state index is 14.2. The predicted octanol–water partition coefficient (Wildman–Crippen LogP) is 6.66. The quantitative estimate of drug-likeness (QED) is 0.199. The molecule has 0 radical (unpaired) electrons. The number of hydrogen-bond acceptors (Lipinski definition) is 3. The Morgan fingerprint density at radius 3 is 2.44 bits per heavy atom. The van der Waals surface area contributed by atoms with Gasteiger partial charge in [-0.1, -0.05) is 97.2 Å². The van der Waals surface area contributed by atoms with Crippen LogP contribution < -0.4 is 10.2 Å². The van der Waals surface area contributed by atoms with Gasteiger partial charge in [0.2, 0.25) is 11.8 Å². The van der Waals surface area contributed by atoms with E-state index in [0.29, 0.717) is 39.8 Å². The molecule has 4 aromatic carbocycles. The molecule has 0 spiro atoms. The molecule has 41 heavy (non-hydrogen) atoms. The summed E-state index contributed by atoms with van der Waals surface area (Å²) in [4.78, 5) is 44.5. The van der Waals surface area contributed by atoms with Crippen LogP contribution in [-0.4, -0.2) is 41.8 Å². The average Bonchev–Trinajstić information content (AvgIpc) is 3.24. The van der Waals surface area contributed by atoms with Crippen LogP contribution >= 0.6 is 23.2 Å². The number of carbonyl (C=O) groups excluding carboxylic acids is 3. The van der Waals surface area contributed by atoms with Crippen LogP contribution in [0.4, 0.5) is 5.69 Å². The molecular formula is C33H31Cl2N3O3. The zero-order valence-electron chi connectivity index (χ0n) is 22.8. The van der Waals surface area contributed by atoms with E-state index in [2.05, 4.69) is 12.2 Å². The second kappa shape index (κ2) is 12.8. The fraction of sp³-hybridized carbons (Fsp3) is 0.242. The minimum absolute atomic E-state index is 0.0761. The molecule has 210 valence electrons. The van der Waals surface area contributed by atoms with Crippen molar-refractivity contribution < 1.29 is 14.4 Å². The first kappa shape index (κ1) is 28.7. The van der Waals surface area contributed by atoms with Gasteiger partial charge in [-0.3, -0.25) is 19.3 Å². The fourth-order valence-electron chi connectivity index (χ4n) is 5.26. The molecule has 5 rings (SSSR count). The van der Waals surface area contributed by atoms with E-state index in [4.69, 9.17) is 23.2 Å². The standard InChI is InChI=1S/C33H31Cl2N3O3/c1-2-3-17-36-32(40)29(18-22-9-5-4-6-10-22)37(20-24-15-16-25(34)19-27(24)35)30(39)21-38-28-14-8-12-23-11-7-13-26(31(23)28)33(38)41/h4-16,19,29H,2-3,17-18,20-21H2,1H3,(H,36,40)/t29-/m1/s1. The molecule has 4 aromatic rings. The first-order valence-corrected chi connectivity index (χ1v) is 14.5. The summed E-state index contributed by atoms with van der Waals surface area (Å²) >= 11 is 12.7. The average molecular weight is 589 g/mol. The van der Waals surface area contributed by atoms with E-state index >= 15 is 0 Å². The number of anilines is 1. The molecule has 0 saturated heterocycles. The zero-order valence-corrected chi connectivity index (χ0v) is 24.3. The van der Waals surface area contributed by atoms with Gasteiger partial charge in [0.05, 0.1) is 5.69 Å². The molecule has 0 bridgehead atoms. The van der Waals surface area contributed by atoms with E-state index in [0.717, 1.165) is 29.2 Å². The predicted molar refractivity (Wildman–Crippen MR) is 164 cm³/mol. The van der Waals surface area contributed by atoms with Crippen LogP contribution in [-0.2, 0) is 22.6 Å². The number of unbranched alkanes of at least 4 members (excludes halogenated alkanes) is 1. The number of halogens is 2. The van der Waals surface area contributed by atoms with Crippen molar-refractivity contribution in [3.8, 4) is 0 Å². The minimum Gasteiger partial charge on any atom is -0.354 e. The molecule has 0 unspecified atom stereocenters. The fourth-order valence-corrected chi connectivity index (χ4v) is 5.72. The Kier molecular flexibility index (Phi) is 8.91. The highest BCUT2D eigenvalue weighted by atomic mass is 35.5. The third kappa shape index (κ3) is 6.24. The van der Waals surface area contributed by atoms with Gasteiger partial charge in [0.1, 0.15) is 12.6 Å². The van der Waals surface area contributed by atoms with Crippen LogP contribution in [0.3, 0.4) is 0 Å². The Morgan fingerprint density at radius 2 is 1.71 bits per heavy atom. The number of amides is 3. The molecule has 6 nitrogen and oxygen atoms in total. The zero-order chi connectivity index (χ0) is 28.9. The Hall–Kier alpha value is -3.87. The number of nitrogens with one attached hydrogen (secondary N) is 1. The van der Waals surface area contributed by atoms with Crippen molar-refractivity contribution in [2.75, 3.05) is 18.0 Å². The lowest BCUT2D eigenvalue weighted by atomic mass is 10.0. The summed E-state index contributed by atoms with van der Waals surface area (Å²) in [5, 5.41) is 5.65. The third-order valence-electron chi connectivity index (χ3n) is 7.40. The maximum absolute atomic E-state index is 14.2. The topological polar surface area (TPSA) is 69.7 Å². The van der Waals surface area contributed by atoms with E-state index in [9.17, 15) is 14.4 Å². The first-order valence-electron chi connectivity index (χ1n) is 13.8. The van der Waals surface area contributed by atoms with Gasteiger partial charge in [0.25, 0.3) is 5.91 Å². The molecule has 3 amide bonds. The minimum atomic E-state index is -0.829. The number of hydrogen-bond donors (Lipinski definition) is 1. The lowest BCUT2D eigenvalue weighted by Crippen LogP contribution is -2.53. The van der Waals surface area contributed by atoms with Crippen LogP contribution in [0.25, 0.3) is 10.8 Å². The largest absolute Gasteiger partial charge is 0.354 e. The van der Waals surface area contributed by atoms with Crippen molar-refractivity contribution in [3.63, 3.8) is 0 Å². The Balaban J connectivity index is 1.51. The van der Waals surface area contributed by atoms with Gasteiger partial charge in [-0.05, 0) is 47.2 Å². The third-order valence-corrected chi connectivity index (χ3v) is 7.99. The lowest BCUT2D eigenvalue weighted by molar-refractivity contribution is -0.140. The Labute approximate surface area is 249 Å². The van der Waals surface area contributed by atoms with Gasteiger partial charge in [-0.25, -0.2) is 0 Å². The monoisotopic (exact) mass is 587 g/mol. The molecular weight excluding hydrogens is 557 g/mol. The maximum Gasteiger partial charge on any atom is 0.259 e. The second-order valence-corrected chi connectivity index (χ2v) is 11.0. The summed E-state index contributed by atoms with van der Waals surface area (Å²) in [6.45, 7) is 2.42. The van der Waals surface area contributed by atoms with Gasteiger partial charge in [0, 0.05) is 40.5 Å². The molecule has 1 heterocycles. The van der Waals surface area contributed by atoms with Crippen molar-refractivity contribution in [3.05, 3.63) is 112 Å². The van der Waals surface area contributed by atoms with Crippen LogP contribution in [0.15, 0.2) is 84.9 Å². The van der Waals surface area contributed by atoms with E-state index in [-0.39, 0.29) is 30.8 Å². The molecule has 1 aliphatic rings. The molecule has 0 aromatic heterocycles. The van der Waals surface area contributed by atoms with E-state index in [1.807, 2.05) is 60.7 Å². The smallest absolute Gasteiger partial charge is 0.259 e. The number of benzene rings is 4. The van der Waals surface area contributed by atoms with Gasteiger partial charge < -0.3 is 10.2 Å². The summed E-state index contributed by atoms with van der Waals surface area (Å²) in [6, 6.07) is 25.1. The SMILES string of the molecule is CCCCNC(=O)[C@@H](Cc1ccccc1)N(Cc1ccc(Cl)cc1Cl)C(=O)CN1C(=O)c2cccc3cccc1c23. The summed E-state index contributed by atoms with van der Waals surface area (Å²) in [5.41, 5.74) is 2.82. The van der Waals surface area contributed by atoms with Gasteiger partial charge >= 0.3 is 0 Å². The van der Waals surface area contributed by atoms with Crippen molar-refractivity contribution in [1.29, 1.82) is 0 Å². The summed E-state index contributed by atoms with van der Waals surface area (Å²) < 4.78 is 0. The molecule has 1 N–H and O–H groups in total. The van der Waals surface area contributed by atoms with Crippen molar-refractivity contribution in [1.82, 2.24) is 10.2 Å². The number of carbonyl (C=O) groups is 3.